The molecule has 2 rings (SSSR count). The number of ether oxygens (including phenoxy) is 1. The number of hydrogen-bond donors (Lipinski definition) is 0. The van der Waals surface area contributed by atoms with Crippen molar-refractivity contribution in [2.24, 2.45) is 0 Å². The number of alkyl halides is 1. The number of rotatable bonds is 4. The Hall–Kier alpha value is -1.08. The summed E-state index contributed by atoms with van der Waals surface area (Å²) in [5.41, 5.74) is 0.957. The van der Waals surface area contributed by atoms with Crippen molar-refractivity contribution < 1.29 is 17.9 Å². The molecule has 0 bridgehead atoms. The van der Waals surface area contributed by atoms with Gasteiger partial charge in [0.2, 0.25) is 0 Å². The fourth-order valence-corrected chi connectivity index (χ4v) is 4.66. The predicted molar refractivity (Wildman–Crippen MR) is 83.0 cm³/mol. The Balaban J connectivity index is 2.43. The van der Waals surface area contributed by atoms with Gasteiger partial charge in [-0.2, -0.15) is 4.31 Å². The first-order valence-electron chi connectivity index (χ1n) is 6.80. The van der Waals surface area contributed by atoms with Crippen LogP contribution in [0.1, 0.15) is 25.3 Å². The van der Waals surface area contributed by atoms with E-state index in [1.54, 1.807) is 12.1 Å². The molecule has 7 heteroatoms. The molecule has 1 aromatic rings. The van der Waals surface area contributed by atoms with Crippen molar-refractivity contribution in [3.05, 3.63) is 29.8 Å². The fraction of sp³-hybridized carbons (Fsp3) is 0.500. The Bertz CT molecular complexity index is 614. The van der Waals surface area contributed by atoms with E-state index in [4.69, 9.17) is 4.74 Å². The number of amides is 1. The van der Waals surface area contributed by atoms with Gasteiger partial charge in [0.05, 0.1) is 15.8 Å². The lowest BCUT2D eigenvalue weighted by atomic mass is 10.1. The van der Waals surface area contributed by atoms with Crippen LogP contribution in [0.4, 0.5) is 4.79 Å². The van der Waals surface area contributed by atoms with E-state index < -0.39 is 22.2 Å². The molecule has 5 nitrogen and oxygen atoms in total. The highest BCUT2D eigenvalue weighted by Gasteiger charge is 2.43. The van der Waals surface area contributed by atoms with Gasteiger partial charge in [-0.25, -0.2) is 13.2 Å². The second-order valence-corrected chi connectivity index (χ2v) is 8.05. The molecule has 1 aliphatic heterocycles. The largest absolute Gasteiger partial charge is 0.447 e. The standard InChI is InChI=1S/C14H18BrNO4S/c1-3-4-13-12(15)9-20-14(17)16(13)21(18,19)11-7-5-10(2)6-8-11/h5-8,12-13H,3-4,9H2,1-2H3/t12-,13+/m0/s1. The third kappa shape index (κ3) is 3.23. The number of hydrogen-bond acceptors (Lipinski definition) is 4. The monoisotopic (exact) mass is 375 g/mol. The molecule has 1 heterocycles. The number of carbonyl (C=O) groups is 1. The lowest BCUT2D eigenvalue weighted by Crippen LogP contribution is -2.54. The van der Waals surface area contributed by atoms with Crippen molar-refractivity contribution in [1.82, 2.24) is 4.31 Å². The molecular weight excluding hydrogens is 358 g/mol. The van der Waals surface area contributed by atoms with Crippen molar-refractivity contribution in [3.63, 3.8) is 0 Å². The van der Waals surface area contributed by atoms with Crippen LogP contribution in [0.2, 0.25) is 0 Å². The maximum absolute atomic E-state index is 12.7. The maximum Gasteiger partial charge on any atom is 0.424 e. The Morgan fingerprint density at radius 2 is 1.95 bits per heavy atom. The van der Waals surface area contributed by atoms with E-state index in [0.29, 0.717) is 6.42 Å². The van der Waals surface area contributed by atoms with Gasteiger partial charge in [-0.3, -0.25) is 0 Å². The van der Waals surface area contributed by atoms with Gasteiger partial charge in [-0.1, -0.05) is 47.0 Å². The summed E-state index contributed by atoms with van der Waals surface area (Å²) in [5.74, 6) is 0. The minimum atomic E-state index is -3.90. The summed E-state index contributed by atoms with van der Waals surface area (Å²) in [6.45, 7) is 4.01. The smallest absolute Gasteiger partial charge is 0.424 e. The summed E-state index contributed by atoms with van der Waals surface area (Å²) in [7, 11) is -3.90. The molecule has 1 fully saturated rings. The Labute approximate surface area is 133 Å². The number of benzene rings is 1. The minimum absolute atomic E-state index is 0.104. The lowest BCUT2D eigenvalue weighted by molar-refractivity contribution is 0.0819. The summed E-state index contributed by atoms with van der Waals surface area (Å²) >= 11 is 3.42. The molecule has 0 unspecified atom stereocenters. The average molecular weight is 376 g/mol. The van der Waals surface area contributed by atoms with Gasteiger partial charge in [0.15, 0.2) is 0 Å². The third-order valence-corrected chi connectivity index (χ3v) is 6.11. The lowest BCUT2D eigenvalue weighted by Gasteiger charge is -2.37. The molecule has 2 atom stereocenters. The van der Waals surface area contributed by atoms with Gasteiger partial charge < -0.3 is 4.74 Å². The fourth-order valence-electron chi connectivity index (χ4n) is 2.30. The van der Waals surface area contributed by atoms with Crippen molar-refractivity contribution in [2.45, 2.75) is 42.5 Å². The number of aryl methyl sites for hydroxylation is 1. The highest BCUT2D eigenvalue weighted by Crippen LogP contribution is 2.29. The Morgan fingerprint density at radius 3 is 2.52 bits per heavy atom. The van der Waals surface area contributed by atoms with Crippen LogP contribution in [0, 0.1) is 6.92 Å². The zero-order valence-electron chi connectivity index (χ0n) is 12.0. The van der Waals surface area contributed by atoms with Crippen LogP contribution < -0.4 is 0 Å². The molecule has 0 spiro atoms. The summed E-state index contributed by atoms with van der Waals surface area (Å²) in [5, 5.41) is 0. The van der Waals surface area contributed by atoms with Crippen molar-refractivity contribution >= 4 is 32.0 Å². The topological polar surface area (TPSA) is 63.7 Å². The molecule has 0 saturated carbocycles. The summed E-state index contributed by atoms with van der Waals surface area (Å²) in [6.07, 6.45) is 0.570. The van der Waals surface area contributed by atoms with Gasteiger partial charge in [0.25, 0.3) is 10.0 Å². The van der Waals surface area contributed by atoms with Crippen LogP contribution in [0.15, 0.2) is 29.2 Å². The Kier molecular flexibility index (Phi) is 4.93. The third-order valence-electron chi connectivity index (χ3n) is 3.43. The van der Waals surface area contributed by atoms with Crippen LogP contribution in [-0.4, -0.2) is 36.3 Å². The minimum Gasteiger partial charge on any atom is -0.447 e. The van der Waals surface area contributed by atoms with E-state index in [1.807, 2.05) is 13.8 Å². The van der Waals surface area contributed by atoms with Crippen LogP contribution in [0.3, 0.4) is 0 Å². The number of carbonyl (C=O) groups excluding carboxylic acids is 1. The molecular formula is C14H18BrNO4S. The van der Waals surface area contributed by atoms with Crippen molar-refractivity contribution in [2.75, 3.05) is 6.61 Å². The molecule has 0 aliphatic carbocycles. The SMILES string of the molecule is CCC[C@@H]1[C@@H](Br)COC(=O)N1S(=O)(=O)c1ccc(C)cc1. The summed E-state index contributed by atoms with van der Waals surface area (Å²) in [4.78, 5) is 11.9. The average Bonchev–Trinajstić information content (AvgIpc) is 2.43. The molecule has 116 valence electrons. The highest BCUT2D eigenvalue weighted by molar-refractivity contribution is 9.09. The van der Waals surface area contributed by atoms with Crippen LogP contribution in [-0.2, 0) is 14.8 Å². The van der Waals surface area contributed by atoms with Gasteiger partial charge in [0, 0.05) is 0 Å². The number of nitrogens with zero attached hydrogens (tertiary/aromatic N) is 1. The van der Waals surface area contributed by atoms with E-state index in [-0.39, 0.29) is 16.3 Å². The molecule has 0 radical (unpaired) electrons. The first kappa shape index (κ1) is 16.3. The second-order valence-electron chi connectivity index (χ2n) is 5.06. The van der Waals surface area contributed by atoms with Gasteiger partial charge in [-0.05, 0) is 25.5 Å². The van der Waals surface area contributed by atoms with Crippen molar-refractivity contribution in [3.8, 4) is 0 Å². The van der Waals surface area contributed by atoms with E-state index in [9.17, 15) is 13.2 Å². The summed E-state index contributed by atoms with van der Waals surface area (Å²) in [6, 6.07) is 6.02. The van der Waals surface area contributed by atoms with Crippen LogP contribution in [0.25, 0.3) is 0 Å². The molecule has 1 aromatic carbocycles. The van der Waals surface area contributed by atoms with Crippen LogP contribution >= 0.6 is 15.9 Å². The molecule has 1 saturated heterocycles. The molecule has 0 aromatic heterocycles. The molecule has 21 heavy (non-hydrogen) atoms. The highest BCUT2D eigenvalue weighted by atomic mass is 79.9. The van der Waals surface area contributed by atoms with E-state index in [0.717, 1.165) is 16.3 Å². The zero-order chi connectivity index (χ0) is 15.6. The number of halogens is 1. The molecule has 0 N–H and O–H groups in total. The predicted octanol–water partition coefficient (Wildman–Crippen LogP) is 3.07. The second kappa shape index (κ2) is 6.36. The van der Waals surface area contributed by atoms with E-state index >= 15 is 0 Å². The number of sulfonamides is 1. The van der Waals surface area contributed by atoms with E-state index in [1.165, 1.54) is 12.1 Å². The normalized spacial score (nSPS) is 23.0. The van der Waals surface area contributed by atoms with Gasteiger partial charge in [-0.15, -0.1) is 0 Å². The molecule has 1 aliphatic rings. The molecule has 1 amide bonds. The first-order valence-corrected chi connectivity index (χ1v) is 9.15. The van der Waals surface area contributed by atoms with E-state index in [2.05, 4.69) is 15.9 Å². The van der Waals surface area contributed by atoms with Crippen molar-refractivity contribution in [1.29, 1.82) is 0 Å². The first-order chi connectivity index (χ1) is 9.87. The quantitative estimate of drug-likeness (QED) is 0.758. The zero-order valence-corrected chi connectivity index (χ0v) is 14.4. The van der Waals surface area contributed by atoms with Crippen LogP contribution in [0.5, 0.6) is 0 Å². The van der Waals surface area contributed by atoms with Gasteiger partial charge in [0.1, 0.15) is 6.61 Å². The number of cyclic esters (lactones) is 1. The Morgan fingerprint density at radius 1 is 1.33 bits per heavy atom. The van der Waals surface area contributed by atoms with Gasteiger partial charge >= 0.3 is 6.09 Å². The summed E-state index contributed by atoms with van der Waals surface area (Å²) < 4.78 is 31.3. The maximum atomic E-state index is 12.7.